The molecule has 2 N–H and O–H groups in total. The molecule has 1 unspecified atom stereocenters. The average molecular weight is 267 g/mol. The predicted octanol–water partition coefficient (Wildman–Crippen LogP) is 1.71. The number of nitrogens with zero attached hydrogens (tertiary/aromatic N) is 4. The first-order valence-corrected chi connectivity index (χ1v) is 6.53. The van der Waals surface area contributed by atoms with Crippen LogP contribution in [0.15, 0.2) is 55.1 Å². The molecule has 20 heavy (non-hydrogen) atoms. The number of aryl methyl sites for hydroxylation is 1. The summed E-state index contributed by atoms with van der Waals surface area (Å²) in [6.45, 7) is 0.677. The molecule has 0 amide bonds. The van der Waals surface area contributed by atoms with Gasteiger partial charge in [-0.15, -0.1) is 0 Å². The Morgan fingerprint density at radius 2 is 2.00 bits per heavy atom. The second-order valence-corrected chi connectivity index (χ2v) is 4.82. The quantitative estimate of drug-likeness (QED) is 0.783. The van der Waals surface area contributed by atoms with Gasteiger partial charge >= 0.3 is 0 Å². The Bertz CT molecular complexity index is 683. The molecule has 3 rings (SSSR count). The van der Waals surface area contributed by atoms with Crippen molar-refractivity contribution in [2.24, 2.45) is 12.8 Å². The van der Waals surface area contributed by atoms with Crippen molar-refractivity contribution >= 4 is 0 Å². The van der Waals surface area contributed by atoms with Crippen LogP contribution in [0.3, 0.4) is 0 Å². The number of nitrogens with two attached hydrogens (primary N) is 1. The molecule has 0 aliphatic carbocycles. The summed E-state index contributed by atoms with van der Waals surface area (Å²) < 4.78 is 3.84. The monoisotopic (exact) mass is 267 g/mol. The fraction of sp³-hybridized carbons (Fsp3) is 0.200. The Hall–Kier alpha value is -2.40. The van der Waals surface area contributed by atoms with Gasteiger partial charge in [0.1, 0.15) is 0 Å². The normalized spacial score (nSPS) is 12.5. The van der Waals surface area contributed by atoms with E-state index in [1.54, 1.807) is 11.0 Å². The molecule has 5 nitrogen and oxygen atoms in total. The maximum atomic E-state index is 6.33. The Morgan fingerprint density at radius 1 is 1.20 bits per heavy atom. The molecule has 1 aromatic carbocycles. The molecule has 3 aromatic rings. The van der Waals surface area contributed by atoms with E-state index in [-0.39, 0.29) is 6.04 Å². The van der Waals surface area contributed by atoms with Crippen LogP contribution < -0.4 is 5.73 Å². The molecule has 0 spiro atoms. The van der Waals surface area contributed by atoms with Crippen molar-refractivity contribution in [2.75, 3.05) is 0 Å². The van der Waals surface area contributed by atoms with Gasteiger partial charge in [-0.25, -0.2) is 4.98 Å². The number of imidazole rings is 1. The van der Waals surface area contributed by atoms with Gasteiger partial charge in [-0.1, -0.05) is 30.3 Å². The molecule has 0 fully saturated rings. The molecule has 2 heterocycles. The van der Waals surface area contributed by atoms with Crippen molar-refractivity contribution in [3.05, 3.63) is 72.1 Å². The van der Waals surface area contributed by atoms with Crippen LogP contribution in [0.4, 0.5) is 0 Å². The third kappa shape index (κ3) is 2.48. The number of hydrogen-bond donors (Lipinski definition) is 1. The van der Waals surface area contributed by atoms with Gasteiger partial charge in [-0.2, -0.15) is 5.10 Å². The average Bonchev–Trinajstić information content (AvgIpc) is 3.09. The van der Waals surface area contributed by atoms with E-state index >= 15 is 0 Å². The third-order valence-electron chi connectivity index (χ3n) is 3.32. The summed E-state index contributed by atoms with van der Waals surface area (Å²) in [5, 5.41) is 4.39. The molecule has 102 valence electrons. The zero-order chi connectivity index (χ0) is 13.9. The topological polar surface area (TPSA) is 61.7 Å². The third-order valence-corrected chi connectivity index (χ3v) is 3.32. The lowest BCUT2D eigenvalue weighted by atomic mass is 10.1. The van der Waals surface area contributed by atoms with Crippen molar-refractivity contribution in [3.8, 4) is 0 Å². The molecule has 0 saturated carbocycles. The summed E-state index contributed by atoms with van der Waals surface area (Å²) in [5.41, 5.74) is 9.39. The lowest BCUT2D eigenvalue weighted by Crippen LogP contribution is -2.17. The maximum absolute atomic E-state index is 6.33. The lowest BCUT2D eigenvalue weighted by Gasteiger charge is -2.14. The van der Waals surface area contributed by atoms with Crippen LogP contribution in [0.25, 0.3) is 0 Å². The van der Waals surface area contributed by atoms with Gasteiger partial charge in [0, 0.05) is 13.2 Å². The molecular weight excluding hydrogens is 250 g/mol. The van der Waals surface area contributed by atoms with Gasteiger partial charge in [0.15, 0.2) is 0 Å². The summed E-state index contributed by atoms with van der Waals surface area (Å²) >= 11 is 0. The fourth-order valence-electron chi connectivity index (χ4n) is 2.28. The van der Waals surface area contributed by atoms with E-state index in [2.05, 4.69) is 10.1 Å². The van der Waals surface area contributed by atoms with Crippen molar-refractivity contribution < 1.29 is 0 Å². The highest BCUT2D eigenvalue weighted by molar-refractivity contribution is 5.26. The van der Waals surface area contributed by atoms with Crippen LogP contribution >= 0.6 is 0 Å². The van der Waals surface area contributed by atoms with Crippen LogP contribution in [0.5, 0.6) is 0 Å². The van der Waals surface area contributed by atoms with Gasteiger partial charge < -0.3 is 10.3 Å². The van der Waals surface area contributed by atoms with E-state index < -0.39 is 0 Å². The Labute approximate surface area is 117 Å². The van der Waals surface area contributed by atoms with Gasteiger partial charge in [-0.05, 0) is 11.6 Å². The van der Waals surface area contributed by atoms with E-state index in [9.17, 15) is 0 Å². The largest absolute Gasteiger partial charge is 0.327 e. The van der Waals surface area contributed by atoms with E-state index in [4.69, 9.17) is 5.73 Å². The fourth-order valence-corrected chi connectivity index (χ4v) is 2.28. The summed E-state index contributed by atoms with van der Waals surface area (Å²) in [6, 6.07) is 11.9. The zero-order valence-corrected chi connectivity index (χ0v) is 11.3. The molecule has 5 heteroatoms. The Kier molecular flexibility index (Phi) is 3.35. The minimum Gasteiger partial charge on any atom is -0.327 e. The molecule has 0 saturated heterocycles. The van der Waals surface area contributed by atoms with Crippen LogP contribution in [-0.4, -0.2) is 19.3 Å². The van der Waals surface area contributed by atoms with E-state index in [1.807, 2.05) is 60.4 Å². The molecule has 0 radical (unpaired) electrons. The summed E-state index contributed by atoms with van der Waals surface area (Å²) in [5.74, 6) is 0. The first kappa shape index (κ1) is 12.6. The molecule has 2 aromatic heterocycles. The van der Waals surface area contributed by atoms with Gasteiger partial charge in [0.25, 0.3) is 0 Å². The summed E-state index contributed by atoms with van der Waals surface area (Å²) in [7, 11) is 1.91. The highest BCUT2D eigenvalue weighted by atomic mass is 15.3. The van der Waals surface area contributed by atoms with Crippen LogP contribution in [0.2, 0.25) is 0 Å². The zero-order valence-electron chi connectivity index (χ0n) is 11.3. The SMILES string of the molecule is Cn1ccc(Cn2cncc2C(N)c2ccccc2)n1. The first-order chi connectivity index (χ1) is 9.74. The van der Waals surface area contributed by atoms with Gasteiger partial charge in [-0.3, -0.25) is 4.68 Å². The second kappa shape index (κ2) is 5.30. The van der Waals surface area contributed by atoms with Crippen LogP contribution in [0, 0.1) is 0 Å². The van der Waals surface area contributed by atoms with E-state index in [0.717, 1.165) is 17.0 Å². The highest BCUT2D eigenvalue weighted by Crippen LogP contribution is 2.19. The van der Waals surface area contributed by atoms with Crippen molar-refractivity contribution in [3.63, 3.8) is 0 Å². The van der Waals surface area contributed by atoms with E-state index in [0.29, 0.717) is 6.54 Å². The van der Waals surface area contributed by atoms with Crippen molar-refractivity contribution in [2.45, 2.75) is 12.6 Å². The smallest absolute Gasteiger partial charge is 0.0952 e. The molecule has 1 atom stereocenters. The number of rotatable bonds is 4. The predicted molar refractivity (Wildman–Crippen MR) is 77.0 cm³/mol. The summed E-state index contributed by atoms with van der Waals surface area (Å²) in [4.78, 5) is 4.22. The number of benzene rings is 1. The maximum Gasteiger partial charge on any atom is 0.0952 e. The lowest BCUT2D eigenvalue weighted by molar-refractivity contribution is 0.664. The number of hydrogen-bond acceptors (Lipinski definition) is 3. The summed E-state index contributed by atoms with van der Waals surface area (Å²) in [6.07, 6.45) is 5.55. The van der Waals surface area contributed by atoms with Crippen molar-refractivity contribution in [1.29, 1.82) is 0 Å². The molecule has 0 aliphatic rings. The van der Waals surface area contributed by atoms with Crippen LogP contribution in [-0.2, 0) is 13.6 Å². The molecule has 0 bridgehead atoms. The van der Waals surface area contributed by atoms with Gasteiger partial charge in [0.2, 0.25) is 0 Å². The Balaban J connectivity index is 1.86. The van der Waals surface area contributed by atoms with Crippen molar-refractivity contribution in [1.82, 2.24) is 19.3 Å². The first-order valence-electron chi connectivity index (χ1n) is 6.53. The molecule has 0 aliphatic heterocycles. The minimum atomic E-state index is -0.178. The van der Waals surface area contributed by atoms with Crippen LogP contribution in [0.1, 0.15) is 23.0 Å². The highest BCUT2D eigenvalue weighted by Gasteiger charge is 2.14. The standard InChI is InChI=1S/C15H17N5/c1-19-8-7-13(18-19)10-20-11-17-9-14(20)15(16)12-5-3-2-4-6-12/h2-9,11,15H,10,16H2,1H3. The second-order valence-electron chi connectivity index (χ2n) is 4.82. The van der Waals surface area contributed by atoms with E-state index in [1.165, 1.54) is 0 Å². The van der Waals surface area contributed by atoms with Gasteiger partial charge in [0.05, 0.1) is 36.5 Å². The minimum absolute atomic E-state index is 0.178. The molecular formula is C15H17N5. The number of aromatic nitrogens is 4. The Morgan fingerprint density at radius 3 is 2.70 bits per heavy atom.